The number of amides is 2. The third-order valence-electron chi connectivity index (χ3n) is 4.71. The third kappa shape index (κ3) is 5.77. The van der Waals surface area contributed by atoms with E-state index in [0.717, 1.165) is 11.1 Å². The van der Waals surface area contributed by atoms with Crippen LogP contribution in [0.25, 0.3) is 11.3 Å². The first-order chi connectivity index (χ1) is 16.0. The second kappa shape index (κ2) is 10.3. The lowest BCUT2D eigenvalue weighted by Crippen LogP contribution is -2.20. The van der Waals surface area contributed by atoms with Gasteiger partial charge in [-0.3, -0.25) is 14.9 Å². The van der Waals surface area contributed by atoms with Gasteiger partial charge in [-0.25, -0.2) is 4.98 Å². The first kappa shape index (κ1) is 22.5. The Balaban J connectivity index is 1.53. The fourth-order valence-corrected chi connectivity index (χ4v) is 4.07. The molecule has 0 saturated carbocycles. The van der Waals surface area contributed by atoms with Crippen LogP contribution < -0.4 is 15.4 Å². The molecule has 1 heterocycles. The van der Waals surface area contributed by atoms with Gasteiger partial charge in [0.05, 0.1) is 0 Å². The molecular weight excluding hydrogens is 458 g/mol. The van der Waals surface area contributed by atoms with Gasteiger partial charge in [-0.15, -0.1) is 0 Å². The van der Waals surface area contributed by atoms with Gasteiger partial charge in [0.2, 0.25) is 0 Å². The smallest absolute Gasteiger partial charge is 0.264 e. The van der Waals surface area contributed by atoms with E-state index in [4.69, 9.17) is 16.3 Å². The zero-order valence-electron chi connectivity index (χ0n) is 17.7. The topological polar surface area (TPSA) is 80.3 Å². The van der Waals surface area contributed by atoms with Crippen molar-refractivity contribution in [2.45, 2.75) is 6.92 Å². The van der Waals surface area contributed by atoms with Crippen LogP contribution in [0.2, 0.25) is 5.02 Å². The normalized spacial score (nSPS) is 10.5. The van der Waals surface area contributed by atoms with Crippen LogP contribution >= 0.6 is 22.9 Å². The molecule has 4 rings (SSSR count). The molecule has 0 aliphatic carbocycles. The van der Waals surface area contributed by atoms with Gasteiger partial charge in [-0.05, 0) is 42.8 Å². The summed E-state index contributed by atoms with van der Waals surface area (Å²) in [7, 11) is 0. The number of aromatic nitrogens is 1. The van der Waals surface area contributed by atoms with Crippen LogP contribution in [0.3, 0.4) is 0 Å². The maximum Gasteiger partial charge on any atom is 0.264 e. The van der Waals surface area contributed by atoms with E-state index in [0.29, 0.717) is 32.2 Å². The molecule has 0 fully saturated rings. The molecule has 33 heavy (non-hydrogen) atoms. The highest BCUT2D eigenvalue weighted by molar-refractivity contribution is 7.20. The van der Waals surface area contributed by atoms with E-state index in [9.17, 15) is 9.59 Å². The molecule has 0 radical (unpaired) electrons. The molecule has 6 nitrogen and oxygen atoms in total. The Morgan fingerprint density at radius 2 is 1.64 bits per heavy atom. The predicted octanol–water partition coefficient (Wildman–Crippen LogP) is 6.04. The fraction of sp³-hybridized carbons (Fsp3) is 0.0800. The van der Waals surface area contributed by atoms with Crippen molar-refractivity contribution in [1.82, 2.24) is 4.98 Å². The Kier molecular flexibility index (Phi) is 7.02. The second-order valence-electron chi connectivity index (χ2n) is 7.13. The summed E-state index contributed by atoms with van der Waals surface area (Å²) in [5.74, 6) is 0.0234. The standard InChI is InChI=1S/C25H20ClN3O3S/c1-16-7-5-6-10-20(16)32-15-21(30)27-25-28-22(17-11-13-19(26)14-12-17)24(33-25)29-23(31)18-8-3-2-4-9-18/h2-14H,15H2,1H3,(H,29,31)(H,27,28,30). The number of aryl methyl sites for hydroxylation is 1. The average Bonchev–Trinajstić information content (AvgIpc) is 3.21. The molecule has 4 aromatic rings. The molecule has 166 valence electrons. The molecule has 1 aromatic heterocycles. The fourth-order valence-electron chi connectivity index (χ4n) is 3.04. The minimum Gasteiger partial charge on any atom is -0.483 e. The number of anilines is 2. The van der Waals surface area contributed by atoms with Crippen LogP contribution in [0.5, 0.6) is 5.75 Å². The number of nitrogens with zero attached hydrogens (tertiary/aromatic N) is 1. The van der Waals surface area contributed by atoms with Crippen molar-refractivity contribution in [2.75, 3.05) is 17.2 Å². The Labute approximate surface area is 200 Å². The van der Waals surface area contributed by atoms with Crippen molar-refractivity contribution in [3.05, 3.63) is 95.0 Å². The number of carbonyl (C=O) groups excluding carboxylic acids is 2. The summed E-state index contributed by atoms with van der Waals surface area (Å²) in [6.45, 7) is 1.75. The van der Waals surface area contributed by atoms with Crippen LogP contribution in [0.4, 0.5) is 10.1 Å². The van der Waals surface area contributed by atoms with Gasteiger partial charge < -0.3 is 10.1 Å². The molecule has 2 amide bonds. The van der Waals surface area contributed by atoms with Crippen molar-refractivity contribution >= 4 is 44.9 Å². The molecule has 0 bridgehead atoms. The van der Waals surface area contributed by atoms with Gasteiger partial charge in [-0.2, -0.15) is 0 Å². The van der Waals surface area contributed by atoms with Gasteiger partial charge in [-0.1, -0.05) is 71.5 Å². The first-order valence-corrected chi connectivity index (χ1v) is 11.3. The van der Waals surface area contributed by atoms with E-state index in [1.54, 1.807) is 36.4 Å². The summed E-state index contributed by atoms with van der Waals surface area (Å²) in [6, 6.07) is 23.5. The van der Waals surface area contributed by atoms with Gasteiger partial charge >= 0.3 is 0 Å². The predicted molar refractivity (Wildman–Crippen MR) is 132 cm³/mol. The zero-order chi connectivity index (χ0) is 23.2. The van der Waals surface area contributed by atoms with Gasteiger partial charge in [0, 0.05) is 16.1 Å². The Hall–Kier alpha value is -3.68. The number of thiazole rings is 1. The lowest BCUT2D eigenvalue weighted by atomic mass is 10.1. The monoisotopic (exact) mass is 477 g/mol. The van der Waals surface area contributed by atoms with E-state index >= 15 is 0 Å². The molecule has 0 aliphatic heterocycles. The molecule has 0 spiro atoms. The number of halogens is 1. The van der Waals surface area contributed by atoms with Gasteiger partial charge in [0.25, 0.3) is 11.8 Å². The Morgan fingerprint density at radius 1 is 0.939 bits per heavy atom. The molecular formula is C25H20ClN3O3S. The lowest BCUT2D eigenvalue weighted by molar-refractivity contribution is -0.118. The van der Waals surface area contributed by atoms with Crippen LogP contribution in [0, 0.1) is 6.92 Å². The highest BCUT2D eigenvalue weighted by atomic mass is 35.5. The number of carbonyl (C=O) groups is 2. The number of ether oxygens (including phenoxy) is 1. The number of para-hydroxylation sites is 1. The lowest BCUT2D eigenvalue weighted by Gasteiger charge is -2.08. The van der Waals surface area contributed by atoms with Gasteiger partial charge in [0.1, 0.15) is 16.4 Å². The van der Waals surface area contributed by atoms with Crippen molar-refractivity contribution < 1.29 is 14.3 Å². The summed E-state index contributed by atoms with van der Waals surface area (Å²) < 4.78 is 5.61. The van der Waals surface area contributed by atoms with E-state index in [-0.39, 0.29) is 18.4 Å². The largest absolute Gasteiger partial charge is 0.483 e. The second-order valence-corrected chi connectivity index (χ2v) is 8.56. The van der Waals surface area contributed by atoms with Crippen LogP contribution in [-0.4, -0.2) is 23.4 Å². The minimum atomic E-state index is -0.351. The number of rotatable bonds is 7. The zero-order valence-corrected chi connectivity index (χ0v) is 19.2. The number of hydrogen-bond acceptors (Lipinski definition) is 5. The Morgan fingerprint density at radius 3 is 2.36 bits per heavy atom. The van der Waals surface area contributed by atoms with Crippen molar-refractivity contribution in [2.24, 2.45) is 0 Å². The summed E-state index contributed by atoms with van der Waals surface area (Å²) >= 11 is 7.19. The highest BCUT2D eigenvalue weighted by Crippen LogP contribution is 2.36. The van der Waals surface area contributed by atoms with Crippen LogP contribution in [0.15, 0.2) is 78.9 Å². The number of benzene rings is 3. The maximum absolute atomic E-state index is 12.7. The van der Waals surface area contributed by atoms with Gasteiger partial charge in [0.15, 0.2) is 11.7 Å². The average molecular weight is 478 g/mol. The van der Waals surface area contributed by atoms with E-state index in [2.05, 4.69) is 15.6 Å². The number of hydrogen-bond donors (Lipinski definition) is 2. The van der Waals surface area contributed by atoms with Crippen LogP contribution in [-0.2, 0) is 4.79 Å². The van der Waals surface area contributed by atoms with E-state index in [1.807, 2.05) is 49.4 Å². The molecule has 2 N–H and O–H groups in total. The summed E-state index contributed by atoms with van der Waals surface area (Å²) in [5.41, 5.74) is 2.76. The summed E-state index contributed by atoms with van der Waals surface area (Å²) in [6.07, 6.45) is 0. The molecule has 0 atom stereocenters. The van der Waals surface area contributed by atoms with E-state index < -0.39 is 0 Å². The number of nitrogens with one attached hydrogen (secondary N) is 2. The quantitative estimate of drug-likeness (QED) is 0.340. The molecule has 3 aromatic carbocycles. The van der Waals surface area contributed by atoms with Crippen LogP contribution in [0.1, 0.15) is 15.9 Å². The minimum absolute atomic E-state index is 0.160. The summed E-state index contributed by atoms with van der Waals surface area (Å²) in [4.78, 5) is 29.7. The maximum atomic E-state index is 12.7. The molecule has 0 aliphatic rings. The molecule has 8 heteroatoms. The van der Waals surface area contributed by atoms with Crippen molar-refractivity contribution in [1.29, 1.82) is 0 Å². The van der Waals surface area contributed by atoms with Crippen molar-refractivity contribution in [3.63, 3.8) is 0 Å². The third-order valence-corrected chi connectivity index (χ3v) is 5.84. The Bertz CT molecular complexity index is 1270. The molecule has 0 saturated heterocycles. The SMILES string of the molecule is Cc1ccccc1OCC(=O)Nc1nc(-c2ccc(Cl)cc2)c(NC(=O)c2ccccc2)s1. The van der Waals surface area contributed by atoms with Crippen molar-refractivity contribution in [3.8, 4) is 17.0 Å². The van der Waals surface area contributed by atoms with E-state index in [1.165, 1.54) is 11.3 Å². The first-order valence-electron chi connectivity index (χ1n) is 10.1. The summed E-state index contributed by atoms with van der Waals surface area (Å²) in [5, 5.41) is 7.11. The highest BCUT2D eigenvalue weighted by Gasteiger charge is 2.18. The molecule has 0 unspecified atom stereocenters.